The summed E-state index contributed by atoms with van der Waals surface area (Å²) in [6.45, 7) is 2.02. The fraction of sp³-hybridized carbons (Fsp3) is 0.160. The van der Waals surface area contributed by atoms with Crippen molar-refractivity contribution < 1.29 is 13.6 Å². The number of rotatable bonds is 4. The van der Waals surface area contributed by atoms with Gasteiger partial charge in [0.25, 0.3) is 5.91 Å². The third-order valence-corrected chi connectivity index (χ3v) is 6.05. The minimum absolute atomic E-state index is 0.110. The zero-order valence-corrected chi connectivity index (χ0v) is 19.2. The number of benzene rings is 1. The minimum Gasteiger partial charge on any atom is -0.352 e. The number of carbonyl (C=O) groups excluding carboxylic acids is 1. The van der Waals surface area contributed by atoms with E-state index in [1.54, 1.807) is 47.8 Å². The molecule has 10 heteroatoms. The highest BCUT2D eigenvalue weighted by molar-refractivity contribution is 6.33. The van der Waals surface area contributed by atoms with Gasteiger partial charge in [-0.25, -0.2) is 18.7 Å². The average Bonchev–Trinajstić information content (AvgIpc) is 2.89. The second-order valence-electron chi connectivity index (χ2n) is 7.90. The lowest BCUT2D eigenvalue weighted by molar-refractivity contribution is 0.0740. The third-order valence-electron chi connectivity index (χ3n) is 5.75. The second-order valence-corrected chi connectivity index (χ2v) is 8.31. The summed E-state index contributed by atoms with van der Waals surface area (Å²) in [6.07, 6.45) is 6.17. The Kier molecular flexibility index (Phi) is 6.33. The normalized spacial score (nSPS) is 13.7. The molecule has 7 nitrogen and oxygen atoms in total. The maximum absolute atomic E-state index is 14.6. The summed E-state index contributed by atoms with van der Waals surface area (Å²) in [5, 5.41) is 0.327. The molecule has 0 unspecified atom stereocenters. The van der Waals surface area contributed by atoms with Crippen molar-refractivity contribution in [2.24, 2.45) is 0 Å². The van der Waals surface area contributed by atoms with E-state index >= 15 is 0 Å². The van der Waals surface area contributed by atoms with Crippen molar-refractivity contribution in [1.82, 2.24) is 24.8 Å². The van der Waals surface area contributed by atoms with Crippen LogP contribution >= 0.6 is 11.6 Å². The fourth-order valence-electron chi connectivity index (χ4n) is 3.96. The van der Waals surface area contributed by atoms with Gasteiger partial charge >= 0.3 is 0 Å². The Morgan fingerprint density at radius 2 is 1.71 bits per heavy atom. The van der Waals surface area contributed by atoms with Gasteiger partial charge in [-0.05, 0) is 30.3 Å². The third kappa shape index (κ3) is 4.67. The van der Waals surface area contributed by atoms with Crippen molar-refractivity contribution in [2.75, 3.05) is 31.1 Å². The van der Waals surface area contributed by atoms with Crippen LogP contribution in [0.1, 0.15) is 10.5 Å². The Balaban J connectivity index is 1.46. The van der Waals surface area contributed by atoms with Crippen molar-refractivity contribution >= 4 is 23.3 Å². The number of aromatic nitrogens is 4. The van der Waals surface area contributed by atoms with Gasteiger partial charge in [0, 0.05) is 62.0 Å². The predicted octanol–water partition coefficient (Wildman–Crippen LogP) is 4.49. The fourth-order valence-corrected chi connectivity index (χ4v) is 4.16. The van der Waals surface area contributed by atoms with Crippen molar-refractivity contribution in [2.45, 2.75) is 0 Å². The van der Waals surface area contributed by atoms with Crippen LogP contribution in [0.15, 0.2) is 67.3 Å². The zero-order chi connectivity index (χ0) is 24.4. The summed E-state index contributed by atoms with van der Waals surface area (Å²) >= 11 is 6.39. The Labute approximate surface area is 205 Å². The van der Waals surface area contributed by atoms with Crippen molar-refractivity contribution in [3.05, 3.63) is 89.6 Å². The molecule has 0 atom stereocenters. The highest BCUT2D eigenvalue weighted by Gasteiger charge is 2.25. The van der Waals surface area contributed by atoms with E-state index in [1.165, 1.54) is 18.3 Å². The molecule has 0 spiro atoms. The summed E-state index contributed by atoms with van der Waals surface area (Å²) < 4.78 is 28.2. The molecule has 35 heavy (non-hydrogen) atoms. The molecule has 0 N–H and O–H groups in total. The van der Waals surface area contributed by atoms with Crippen LogP contribution in [0.2, 0.25) is 5.02 Å². The van der Waals surface area contributed by atoms with E-state index in [-0.39, 0.29) is 17.2 Å². The Hall–Kier alpha value is -3.98. The maximum Gasteiger partial charge on any atom is 0.272 e. The lowest BCUT2D eigenvalue weighted by atomic mass is 10.0. The first-order valence-corrected chi connectivity index (χ1v) is 11.3. The van der Waals surface area contributed by atoms with Crippen molar-refractivity contribution in [3.63, 3.8) is 0 Å². The molecule has 0 radical (unpaired) electrons. The molecule has 1 fully saturated rings. The van der Waals surface area contributed by atoms with Gasteiger partial charge in [0.05, 0.1) is 16.9 Å². The summed E-state index contributed by atoms with van der Waals surface area (Å²) in [6, 6.07) is 10.2. The molecule has 1 amide bonds. The first kappa shape index (κ1) is 22.8. The molecular weight excluding hydrogens is 474 g/mol. The van der Waals surface area contributed by atoms with E-state index in [0.717, 1.165) is 6.07 Å². The van der Waals surface area contributed by atoms with Crippen LogP contribution in [0.25, 0.3) is 22.5 Å². The van der Waals surface area contributed by atoms with Crippen LogP contribution in [-0.4, -0.2) is 56.9 Å². The van der Waals surface area contributed by atoms with E-state index < -0.39 is 11.6 Å². The van der Waals surface area contributed by atoms with Gasteiger partial charge in [-0.3, -0.25) is 14.8 Å². The van der Waals surface area contributed by atoms with Gasteiger partial charge in [-0.15, -0.1) is 0 Å². The topological polar surface area (TPSA) is 75.1 Å². The SMILES string of the molecule is O=C(c1ccccn1)N1CCN(c2cnc(-c3ccc(F)cc3F)c(-c3ccncc3Cl)n2)CC1. The molecule has 4 heterocycles. The van der Waals surface area contributed by atoms with E-state index in [1.807, 2.05) is 4.90 Å². The minimum atomic E-state index is -0.750. The molecular formula is C25H19ClF2N6O. The molecule has 0 aliphatic carbocycles. The van der Waals surface area contributed by atoms with Gasteiger partial charge in [-0.2, -0.15) is 0 Å². The van der Waals surface area contributed by atoms with Gasteiger partial charge in [0.2, 0.25) is 0 Å². The molecule has 1 aliphatic heterocycles. The maximum atomic E-state index is 14.6. The van der Waals surface area contributed by atoms with Crippen molar-refractivity contribution in [3.8, 4) is 22.5 Å². The number of nitrogens with zero attached hydrogens (tertiary/aromatic N) is 6. The largest absolute Gasteiger partial charge is 0.352 e. The number of hydrogen-bond donors (Lipinski definition) is 0. The molecule has 3 aromatic heterocycles. The number of amides is 1. The molecule has 1 aromatic carbocycles. The van der Waals surface area contributed by atoms with Gasteiger partial charge < -0.3 is 9.80 Å². The van der Waals surface area contributed by atoms with Gasteiger partial charge in [-0.1, -0.05) is 17.7 Å². The van der Waals surface area contributed by atoms with Crippen LogP contribution in [0.4, 0.5) is 14.6 Å². The highest BCUT2D eigenvalue weighted by Crippen LogP contribution is 2.35. The standard InChI is InChI=1S/C25H19ClF2N6O/c26-19-14-29-8-6-17(19)24-23(18-5-4-16(27)13-20(18)28)31-15-22(32-24)33-9-11-34(12-10-33)25(35)21-3-1-2-7-30-21/h1-8,13-15H,9-12H2. The predicted molar refractivity (Wildman–Crippen MR) is 128 cm³/mol. The van der Waals surface area contributed by atoms with Crippen LogP contribution in [0, 0.1) is 11.6 Å². The number of piperazine rings is 1. The van der Waals surface area contributed by atoms with Crippen LogP contribution < -0.4 is 4.90 Å². The average molecular weight is 493 g/mol. The monoisotopic (exact) mass is 492 g/mol. The van der Waals surface area contributed by atoms with Crippen LogP contribution in [0.5, 0.6) is 0 Å². The van der Waals surface area contributed by atoms with Crippen molar-refractivity contribution in [1.29, 1.82) is 0 Å². The molecule has 0 saturated carbocycles. The number of hydrogen-bond acceptors (Lipinski definition) is 6. The number of halogens is 3. The quantitative estimate of drug-likeness (QED) is 0.418. The van der Waals surface area contributed by atoms with E-state index in [4.69, 9.17) is 16.6 Å². The second kappa shape index (κ2) is 9.71. The number of carbonyl (C=O) groups is 1. The number of pyridine rings is 2. The van der Waals surface area contributed by atoms with E-state index in [2.05, 4.69) is 15.0 Å². The molecule has 1 aliphatic rings. The first-order chi connectivity index (χ1) is 17.0. The van der Waals surface area contributed by atoms with Gasteiger partial charge in [0.1, 0.15) is 28.8 Å². The molecule has 1 saturated heterocycles. The van der Waals surface area contributed by atoms with E-state index in [0.29, 0.717) is 54.0 Å². The summed E-state index contributed by atoms with van der Waals surface area (Å²) in [4.78, 5) is 33.9. The van der Waals surface area contributed by atoms with Gasteiger partial charge in [0.15, 0.2) is 0 Å². The Morgan fingerprint density at radius 1 is 0.886 bits per heavy atom. The molecule has 176 valence electrons. The lowest BCUT2D eigenvalue weighted by Gasteiger charge is -2.35. The summed E-state index contributed by atoms with van der Waals surface area (Å²) in [5.41, 5.74) is 1.63. The summed E-state index contributed by atoms with van der Waals surface area (Å²) in [7, 11) is 0. The van der Waals surface area contributed by atoms with Crippen LogP contribution in [-0.2, 0) is 0 Å². The molecule has 5 rings (SSSR count). The first-order valence-electron chi connectivity index (χ1n) is 10.9. The Bertz CT molecular complexity index is 1380. The number of anilines is 1. The lowest BCUT2D eigenvalue weighted by Crippen LogP contribution is -2.49. The van der Waals surface area contributed by atoms with Crippen LogP contribution in [0.3, 0.4) is 0 Å². The summed E-state index contributed by atoms with van der Waals surface area (Å²) in [5.74, 6) is -0.996. The highest BCUT2D eigenvalue weighted by atomic mass is 35.5. The molecule has 0 bridgehead atoms. The molecule has 4 aromatic rings. The zero-order valence-electron chi connectivity index (χ0n) is 18.4. The Morgan fingerprint density at radius 3 is 2.43 bits per heavy atom. The smallest absolute Gasteiger partial charge is 0.272 e. The van der Waals surface area contributed by atoms with E-state index in [9.17, 15) is 13.6 Å².